The number of unbranched alkanes of at least 4 members (excludes halogenated alkanes) is 2. The van der Waals surface area contributed by atoms with Gasteiger partial charge in [0.05, 0.1) is 6.61 Å². The van der Waals surface area contributed by atoms with E-state index in [-0.39, 0.29) is 6.61 Å². The van der Waals surface area contributed by atoms with Crippen LogP contribution in [-0.2, 0) is 14.4 Å². The molecule has 0 aromatic carbocycles. The summed E-state index contributed by atoms with van der Waals surface area (Å²) in [4.78, 5) is 29.0. The zero-order chi connectivity index (χ0) is 11.4. The first-order valence-corrected chi connectivity index (χ1v) is 4.48. The van der Waals surface area contributed by atoms with Crippen molar-refractivity contribution < 1.29 is 19.5 Å². The second-order valence-electron chi connectivity index (χ2n) is 3.53. The summed E-state index contributed by atoms with van der Waals surface area (Å²) < 4.78 is 0. The van der Waals surface area contributed by atoms with E-state index < -0.39 is 5.41 Å². The fraction of sp³-hybridized carbons (Fsp3) is 0.700. The Morgan fingerprint density at radius 3 is 1.64 bits per heavy atom. The van der Waals surface area contributed by atoms with Gasteiger partial charge in [-0.25, -0.2) is 0 Å². The van der Waals surface area contributed by atoms with E-state index in [1.807, 2.05) is 0 Å². The fourth-order valence-corrected chi connectivity index (χ4v) is 0.322. The summed E-state index contributed by atoms with van der Waals surface area (Å²) >= 11 is 0. The van der Waals surface area contributed by atoms with Crippen LogP contribution in [0.1, 0.15) is 33.1 Å². The molecule has 0 rings (SSSR count). The summed E-state index contributed by atoms with van der Waals surface area (Å²) in [5.74, 6) is 0. The minimum absolute atomic E-state index is 0.0729. The Balaban J connectivity index is 0. The molecule has 14 heavy (non-hydrogen) atoms. The van der Waals surface area contributed by atoms with E-state index in [0.717, 1.165) is 18.9 Å². The van der Waals surface area contributed by atoms with E-state index in [2.05, 4.69) is 0 Å². The first-order chi connectivity index (χ1) is 6.54. The molecule has 0 aliphatic heterocycles. The SMILES string of the molecule is CC(C)(C=O)CO.O=CCCCC=O. The highest BCUT2D eigenvalue weighted by Gasteiger charge is 2.12. The molecule has 0 aliphatic carbocycles. The Morgan fingerprint density at radius 1 is 1.07 bits per heavy atom. The molecule has 0 saturated carbocycles. The maximum atomic E-state index is 9.90. The molecular formula is C10H18O4. The van der Waals surface area contributed by atoms with Gasteiger partial charge in [-0.05, 0) is 6.42 Å². The van der Waals surface area contributed by atoms with Gasteiger partial charge in [-0.15, -0.1) is 0 Å². The third kappa shape index (κ3) is 13.6. The largest absolute Gasteiger partial charge is 0.395 e. The summed E-state index contributed by atoms with van der Waals surface area (Å²) in [5, 5.41) is 8.36. The van der Waals surface area contributed by atoms with Crippen molar-refractivity contribution in [1.29, 1.82) is 0 Å². The molecule has 0 fully saturated rings. The van der Waals surface area contributed by atoms with Gasteiger partial charge in [0.15, 0.2) is 0 Å². The fourth-order valence-electron chi connectivity index (χ4n) is 0.322. The quantitative estimate of drug-likeness (QED) is 0.510. The highest BCUT2D eigenvalue weighted by Crippen LogP contribution is 2.06. The van der Waals surface area contributed by atoms with E-state index in [1.165, 1.54) is 0 Å². The maximum Gasteiger partial charge on any atom is 0.127 e. The molecule has 1 N–H and O–H groups in total. The minimum atomic E-state index is -0.542. The van der Waals surface area contributed by atoms with Crippen LogP contribution in [0.2, 0.25) is 0 Å². The van der Waals surface area contributed by atoms with Crippen molar-refractivity contribution >= 4 is 18.9 Å². The number of aliphatic hydroxyl groups is 1. The Morgan fingerprint density at radius 2 is 1.50 bits per heavy atom. The van der Waals surface area contributed by atoms with E-state index in [0.29, 0.717) is 19.3 Å². The topological polar surface area (TPSA) is 71.4 Å². The monoisotopic (exact) mass is 202 g/mol. The lowest BCUT2D eigenvalue weighted by Crippen LogP contribution is -2.17. The van der Waals surface area contributed by atoms with Crippen molar-refractivity contribution in [2.75, 3.05) is 6.61 Å². The second kappa shape index (κ2) is 10.1. The number of carbonyl (C=O) groups excluding carboxylic acids is 3. The number of rotatable bonds is 6. The van der Waals surface area contributed by atoms with Gasteiger partial charge >= 0.3 is 0 Å². The van der Waals surface area contributed by atoms with Gasteiger partial charge in [0.2, 0.25) is 0 Å². The first kappa shape index (κ1) is 15.4. The predicted octanol–water partition coefficient (Wildman–Crippen LogP) is 0.758. The minimum Gasteiger partial charge on any atom is -0.395 e. The average Bonchev–Trinajstić information content (AvgIpc) is 2.20. The first-order valence-electron chi connectivity index (χ1n) is 4.48. The summed E-state index contributed by atoms with van der Waals surface area (Å²) in [6, 6.07) is 0. The van der Waals surface area contributed by atoms with Gasteiger partial charge in [-0.2, -0.15) is 0 Å². The molecule has 0 aromatic rings. The summed E-state index contributed by atoms with van der Waals surface area (Å²) in [7, 11) is 0. The van der Waals surface area contributed by atoms with Gasteiger partial charge in [-0.3, -0.25) is 0 Å². The Bertz CT molecular complexity index is 156. The molecular weight excluding hydrogens is 184 g/mol. The average molecular weight is 202 g/mol. The van der Waals surface area contributed by atoms with E-state index in [4.69, 9.17) is 5.11 Å². The lowest BCUT2D eigenvalue weighted by molar-refractivity contribution is -0.116. The number of hydrogen-bond donors (Lipinski definition) is 1. The highest BCUT2D eigenvalue weighted by atomic mass is 16.3. The van der Waals surface area contributed by atoms with Crippen LogP contribution in [0, 0.1) is 5.41 Å². The number of aldehydes is 3. The normalized spacial score (nSPS) is 9.64. The molecule has 0 amide bonds. The van der Waals surface area contributed by atoms with Crippen LogP contribution in [0.3, 0.4) is 0 Å². The Hall–Kier alpha value is -1.03. The predicted molar refractivity (Wildman–Crippen MR) is 52.9 cm³/mol. The molecule has 0 aromatic heterocycles. The summed E-state index contributed by atoms with van der Waals surface area (Å²) in [6.07, 6.45) is 4.12. The molecule has 0 radical (unpaired) electrons. The molecule has 0 bridgehead atoms. The van der Waals surface area contributed by atoms with Crippen LogP contribution < -0.4 is 0 Å². The van der Waals surface area contributed by atoms with Crippen LogP contribution in [-0.4, -0.2) is 30.6 Å². The maximum absolute atomic E-state index is 9.90. The van der Waals surface area contributed by atoms with Crippen molar-refractivity contribution in [3.63, 3.8) is 0 Å². The molecule has 0 spiro atoms. The zero-order valence-electron chi connectivity index (χ0n) is 8.73. The lowest BCUT2D eigenvalue weighted by atomic mass is 9.98. The molecule has 4 nitrogen and oxygen atoms in total. The molecule has 4 heteroatoms. The third-order valence-corrected chi connectivity index (χ3v) is 1.37. The van der Waals surface area contributed by atoms with Crippen molar-refractivity contribution in [1.82, 2.24) is 0 Å². The Labute approximate surface area is 84.3 Å². The second-order valence-corrected chi connectivity index (χ2v) is 3.53. The van der Waals surface area contributed by atoms with Gasteiger partial charge in [-0.1, -0.05) is 13.8 Å². The highest BCUT2D eigenvalue weighted by molar-refractivity contribution is 5.57. The zero-order valence-corrected chi connectivity index (χ0v) is 8.73. The molecule has 82 valence electrons. The Kier molecular flexibility index (Phi) is 11.1. The van der Waals surface area contributed by atoms with Crippen LogP contribution in [0.5, 0.6) is 0 Å². The van der Waals surface area contributed by atoms with E-state index in [1.54, 1.807) is 13.8 Å². The van der Waals surface area contributed by atoms with Crippen LogP contribution >= 0.6 is 0 Å². The molecule has 0 unspecified atom stereocenters. The van der Waals surface area contributed by atoms with Crippen LogP contribution in [0.4, 0.5) is 0 Å². The van der Waals surface area contributed by atoms with Crippen molar-refractivity contribution in [3.8, 4) is 0 Å². The van der Waals surface area contributed by atoms with Crippen LogP contribution in [0.15, 0.2) is 0 Å². The molecule has 0 heterocycles. The van der Waals surface area contributed by atoms with Crippen molar-refractivity contribution in [3.05, 3.63) is 0 Å². The van der Waals surface area contributed by atoms with Crippen molar-refractivity contribution in [2.24, 2.45) is 5.41 Å². The smallest absolute Gasteiger partial charge is 0.127 e. The molecule has 0 aliphatic rings. The summed E-state index contributed by atoms with van der Waals surface area (Å²) in [6.45, 7) is 3.29. The van der Waals surface area contributed by atoms with Crippen molar-refractivity contribution in [2.45, 2.75) is 33.1 Å². The van der Waals surface area contributed by atoms with Gasteiger partial charge < -0.3 is 19.5 Å². The standard InChI is InChI=1S/C5H10O2.C5H8O2/c1-5(2,3-6)4-7;6-4-2-1-3-5-7/h3,7H,4H2,1-2H3;4-5H,1-3H2. The van der Waals surface area contributed by atoms with Gasteiger partial charge in [0, 0.05) is 18.3 Å². The third-order valence-electron chi connectivity index (χ3n) is 1.37. The van der Waals surface area contributed by atoms with Gasteiger partial charge in [0.25, 0.3) is 0 Å². The molecule has 0 saturated heterocycles. The number of carbonyl (C=O) groups is 3. The van der Waals surface area contributed by atoms with Crippen LogP contribution in [0.25, 0.3) is 0 Å². The summed E-state index contributed by atoms with van der Waals surface area (Å²) in [5.41, 5.74) is -0.542. The van der Waals surface area contributed by atoms with E-state index in [9.17, 15) is 14.4 Å². The number of hydrogen-bond acceptors (Lipinski definition) is 4. The van der Waals surface area contributed by atoms with E-state index >= 15 is 0 Å². The number of aliphatic hydroxyl groups excluding tert-OH is 1. The van der Waals surface area contributed by atoms with Gasteiger partial charge in [0.1, 0.15) is 18.9 Å². The molecule has 0 atom stereocenters. The lowest BCUT2D eigenvalue weighted by Gasteiger charge is -2.09.